The number of aryl methyl sites for hydroxylation is 2. The van der Waals surface area contributed by atoms with Gasteiger partial charge < -0.3 is 5.32 Å². The number of amides is 1. The molecule has 0 spiro atoms. The monoisotopic (exact) mass is 487 g/mol. The molecule has 0 atom stereocenters. The molecule has 0 saturated heterocycles. The highest BCUT2D eigenvalue weighted by atomic mass is 32.2. The summed E-state index contributed by atoms with van der Waals surface area (Å²) in [5, 5.41) is 2.70. The summed E-state index contributed by atoms with van der Waals surface area (Å²) in [6.07, 6.45) is 1.03. The highest BCUT2D eigenvalue weighted by Gasteiger charge is 2.18. The zero-order valence-electron chi connectivity index (χ0n) is 18.6. The fraction of sp³-hybridized carbons (Fsp3) is 0.174. The predicted octanol–water partition coefficient (Wildman–Crippen LogP) is 4.04. The number of nitrogens with one attached hydrogen (secondary N) is 3. The van der Waals surface area contributed by atoms with Gasteiger partial charge in [0.2, 0.25) is 10.0 Å². The standard InChI is InChI=1S/C23H25N3O5S2/c1-15-7-5-8-16(2)22(15)26-33(30,31)19-13-11-18(12-14-19)24-23(27)20-9-6-10-21(17(20)3)25-32(4,28)29/h5-14,25-26H,1-4H3,(H,24,27). The van der Waals surface area contributed by atoms with Gasteiger partial charge in [-0.25, -0.2) is 16.8 Å². The number of sulfonamides is 2. The minimum Gasteiger partial charge on any atom is -0.322 e. The second kappa shape index (κ2) is 9.24. The van der Waals surface area contributed by atoms with Crippen molar-refractivity contribution in [3.8, 4) is 0 Å². The molecule has 8 nitrogen and oxygen atoms in total. The third-order valence-electron chi connectivity index (χ3n) is 5.01. The maximum Gasteiger partial charge on any atom is 0.261 e. The number of carbonyl (C=O) groups is 1. The molecule has 33 heavy (non-hydrogen) atoms. The second-order valence-corrected chi connectivity index (χ2v) is 11.1. The topological polar surface area (TPSA) is 121 Å². The van der Waals surface area contributed by atoms with Gasteiger partial charge in [-0.3, -0.25) is 14.2 Å². The van der Waals surface area contributed by atoms with Gasteiger partial charge in [-0.15, -0.1) is 0 Å². The Bertz CT molecular complexity index is 1390. The van der Waals surface area contributed by atoms with E-state index >= 15 is 0 Å². The van der Waals surface area contributed by atoms with E-state index in [2.05, 4.69) is 14.8 Å². The number of para-hydroxylation sites is 1. The Balaban J connectivity index is 1.78. The lowest BCUT2D eigenvalue weighted by molar-refractivity contribution is 0.102. The van der Waals surface area contributed by atoms with Crippen molar-refractivity contribution in [1.29, 1.82) is 0 Å². The van der Waals surface area contributed by atoms with Crippen molar-refractivity contribution in [3.63, 3.8) is 0 Å². The largest absolute Gasteiger partial charge is 0.322 e. The number of benzene rings is 3. The van der Waals surface area contributed by atoms with E-state index in [9.17, 15) is 21.6 Å². The molecule has 0 radical (unpaired) electrons. The van der Waals surface area contributed by atoms with Crippen molar-refractivity contribution < 1.29 is 21.6 Å². The average molecular weight is 488 g/mol. The number of carbonyl (C=O) groups excluding carboxylic acids is 1. The molecule has 1 amide bonds. The van der Waals surface area contributed by atoms with Gasteiger partial charge in [0.15, 0.2) is 0 Å². The van der Waals surface area contributed by atoms with Crippen molar-refractivity contribution in [2.24, 2.45) is 0 Å². The quantitative estimate of drug-likeness (QED) is 0.464. The third-order valence-corrected chi connectivity index (χ3v) is 6.97. The summed E-state index contributed by atoms with van der Waals surface area (Å²) in [6, 6.07) is 16.0. The van der Waals surface area contributed by atoms with E-state index in [1.807, 2.05) is 32.0 Å². The molecular formula is C23H25N3O5S2. The molecule has 3 N–H and O–H groups in total. The number of anilines is 3. The summed E-state index contributed by atoms with van der Waals surface area (Å²) in [5.41, 5.74) is 3.62. The SMILES string of the molecule is Cc1cccc(C)c1NS(=O)(=O)c1ccc(NC(=O)c2cccc(NS(C)(=O)=O)c2C)cc1. The molecule has 0 bridgehead atoms. The Labute approximate surface area is 194 Å². The first-order chi connectivity index (χ1) is 15.4. The minimum absolute atomic E-state index is 0.0543. The normalized spacial score (nSPS) is 11.6. The van der Waals surface area contributed by atoms with Crippen molar-refractivity contribution in [1.82, 2.24) is 0 Å². The van der Waals surface area contributed by atoms with Crippen LogP contribution in [0.3, 0.4) is 0 Å². The molecular weight excluding hydrogens is 462 g/mol. The summed E-state index contributed by atoms with van der Waals surface area (Å²) in [6.45, 7) is 5.29. The number of hydrogen-bond acceptors (Lipinski definition) is 5. The molecule has 0 unspecified atom stereocenters. The van der Waals surface area contributed by atoms with E-state index in [-0.39, 0.29) is 10.5 Å². The van der Waals surface area contributed by atoms with Crippen LogP contribution in [0.2, 0.25) is 0 Å². The van der Waals surface area contributed by atoms with E-state index in [1.165, 1.54) is 24.3 Å². The van der Waals surface area contributed by atoms with Gasteiger partial charge in [-0.1, -0.05) is 24.3 Å². The molecule has 0 aromatic heterocycles. The van der Waals surface area contributed by atoms with Crippen LogP contribution in [0.25, 0.3) is 0 Å². The molecule has 3 rings (SSSR count). The Morgan fingerprint density at radius 3 is 1.91 bits per heavy atom. The average Bonchev–Trinajstić information content (AvgIpc) is 2.72. The summed E-state index contributed by atoms with van der Waals surface area (Å²) >= 11 is 0. The first kappa shape index (κ1) is 24.3. The molecule has 3 aromatic rings. The van der Waals surface area contributed by atoms with Crippen LogP contribution in [0.15, 0.2) is 65.6 Å². The lowest BCUT2D eigenvalue weighted by Crippen LogP contribution is -2.17. The zero-order valence-corrected chi connectivity index (χ0v) is 20.3. The van der Waals surface area contributed by atoms with Crippen molar-refractivity contribution in [2.75, 3.05) is 21.0 Å². The van der Waals surface area contributed by atoms with E-state index in [0.29, 0.717) is 22.6 Å². The van der Waals surface area contributed by atoms with Crippen LogP contribution in [0.5, 0.6) is 0 Å². The summed E-state index contributed by atoms with van der Waals surface area (Å²) in [7, 11) is -7.31. The van der Waals surface area contributed by atoms with Crippen molar-refractivity contribution in [2.45, 2.75) is 25.7 Å². The van der Waals surface area contributed by atoms with Crippen LogP contribution >= 0.6 is 0 Å². The molecule has 0 heterocycles. The molecule has 10 heteroatoms. The first-order valence-electron chi connectivity index (χ1n) is 9.95. The Kier molecular flexibility index (Phi) is 6.80. The first-order valence-corrected chi connectivity index (χ1v) is 13.3. The van der Waals surface area contributed by atoms with Gasteiger partial charge in [0.1, 0.15) is 0 Å². The van der Waals surface area contributed by atoms with E-state index in [1.54, 1.807) is 25.1 Å². The van der Waals surface area contributed by atoms with Crippen LogP contribution in [0, 0.1) is 20.8 Å². The van der Waals surface area contributed by atoms with Gasteiger partial charge in [-0.05, 0) is 73.9 Å². The molecule has 0 fully saturated rings. The zero-order chi connectivity index (χ0) is 24.4. The van der Waals surface area contributed by atoms with Crippen LogP contribution in [0.1, 0.15) is 27.0 Å². The van der Waals surface area contributed by atoms with E-state index in [0.717, 1.165) is 17.4 Å². The van der Waals surface area contributed by atoms with Crippen LogP contribution in [0.4, 0.5) is 17.1 Å². The third kappa shape index (κ3) is 5.91. The summed E-state index contributed by atoms with van der Waals surface area (Å²) in [5.74, 6) is -0.450. The molecule has 0 aliphatic carbocycles. The lowest BCUT2D eigenvalue weighted by atomic mass is 10.1. The van der Waals surface area contributed by atoms with Gasteiger partial charge in [0.25, 0.3) is 15.9 Å². The maximum atomic E-state index is 12.8. The molecule has 174 valence electrons. The van der Waals surface area contributed by atoms with Crippen LogP contribution in [-0.4, -0.2) is 29.0 Å². The number of rotatable bonds is 7. The molecule has 0 aliphatic rings. The summed E-state index contributed by atoms with van der Waals surface area (Å²) < 4.78 is 53.7. The molecule has 0 aliphatic heterocycles. The fourth-order valence-electron chi connectivity index (χ4n) is 3.28. The van der Waals surface area contributed by atoms with E-state index < -0.39 is 26.0 Å². The highest BCUT2D eigenvalue weighted by molar-refractivity contribution is 7.92. The summed E-state index contributed by atoms with van der Waals surface area (Å²) in [4.78, 5) is 12.8. The Hall–Kier alpha value is -3.37. The van der Waals surface area contributed by atoms with Crippen molar-refractivity contribution in [3.05, 3.63) is 82.9 Å². The number of hydrogen-bond donors (Lipinski definition) is 3. The Morgan fingerprint density at radius 2 is 1.33 bits per heavy atom. The highest BCUT2D eigenvalue weighted by Crippen LogP contribution is 2.25. The predicted molar refractivity (Wildman–Crippen MR) is 131 cm³/mol. The van der Waals surface area contributed by atoms with Gasteiger partial charge in [-0.2, -0.15) is 0 Å². The second-order valence-electron chi connectivity index (χ2n) is 7.70. The minimum atomic E-state index is -3.81. The fourth-order valence-corrected chi connectivity index (χ4v) is 5.10. The molecule has 0 saturated carbocycles. The Morgan fingerprint density at radius 1 is 0.758 bits per heavy atom. The van der Waals surface area contributed by atoms with Crippen molar-refractivity contribution >= 4 is 43.0 Å². The molecule has 3 aromatic carbocycles. The van der Waals surface area contributed by atoms with Crippen LogP contribution in [-0.2, 0) is 20.0 Å². The van der Waals surface area contributed by atoms with Gasteiger partial charge >= 0.3 is 0 Å². The lowest BCUT2D eigenvalue weighted by Gasteiger charge is -2.14. The van der Waals surface area contributed by atoms with Gasteiger partial charge in [0, 0.05) is 11.3 Å². The van der Waals surface area contributed by atoms with Gasteiger partial charge in [0.05, 0.1) is 22.5 Å². The van der Waals surface area contributed by atoms with E-state index in [4.69, 9.17) is 0 Å². The van der Waals surface area contributed by atoms with Crippen LogP contribution < -0.4 is 14.8 Å². The maximum absolute atomic E-state index is 12.8. The smallest absolute Gasteiger partial charge is 0.261 e.